The summed E-state index contributed by atoms with van der Waals surface area (Å²) < 4.78 is 6.71. The fourth-order valence-electron chi connectivity index (χ4n) is 2.10. The summed E-state index contributed by atoms with van der Waals surface area (Å²) in [5.41, 5.74) is 1.93. The van der Waals surface area contributed by atoms with E-state index in [-0.39, 0.29) is 5.91 Å². The molecule has 0 atom stereocenters. The summed E-state index contributed by atoms with van der Waals surface area (Å²) in [6.45, 7) is 0. The lowest BCUT2D eigenvalue weighted by Gasteiger charge is -2.07. The van der Waals surface area contributed by atoms with Gasteiger partial charge in [0.05, 0.1) is 12.8 Å². The van der Waals surface area contributed by atoms with E-state index >= 15 is 0 Å². The lowest BCUT2D eigenvalue weighted by molar-refractivity contribution is 0.101. The molecule has 5 nitrogen and oxygen atoms in total. The van der Waals surface area contributed by atoms with Gasteiger partial charge in [0.25, 0.3) is 5.91 Å². The summed E-state index contributed by atoms with van der Waals surface area (Å²) in [5.74, 6) is 0.146. The fraction of sp³-hybridized carbons (Fsp3) is 0.0588. The maximum atomic E-state index is 12.5. The zero-order chi connectivity index (χ0) is 15.4. The number of nitrogens with zero attached hydrogens (tertiary/aromatic N) is 2. The van der Waals surface area contributed by atoms with Crippen LogP contribution in [0, 0.1) is 0 Å². The molecule has 0 fully saturated rings. The van der Waals surface area contributed by atoms with Crippen molar-refractivity contribution in [2.75, 3.05) is 12.4 Å². The van der Waals surface area contributed by atoms with E-state index in [0.717, 1.165) is 11.4 Å². The summed E-state index contributed by atoms with van der Waals surface area (Å²) in [6, 6.07) is 20.4. The summed E-state index contributed by atoms with van der Waals surface area (Å²) in [5, 5.41) is 7.15. The van der Waals surface area contributed by atoms with Crippen LogP contribution in [-0.2, 0) is 0 Å². The standard InChI is InChI=1S/C17H15N3O2/c1-22-16-12-15(17(21)18-13-8-4-2-5-9-13)20(19-16)14-10-6-3-7-11-14/h2-12H,1H3,(H,18,21). The number of methoxy groups -OCH3 is 1. The van der Waals surface area contributed by atoms with Crippen LogP contribution in [0.25, 0.3) is 5.69 Å². The van der Waals surface area contributed by atoms with Gasteiger partial charge in [-0.2, -0.15) is 0 Å². The smallest absolute Gasteiger partial charge is 0.274 e. The van der Waals surface area contributed by atoms with Gasteiger partial charge < -0.3 is 10.1 Å². The lowest BCUT2D eigenvalue weighted by atomic mass is 10.3. The Kier molecular flexibility index (Phi) is 3.87. The van der Waals surface area contributed by atoms with Crippen LogP contribution >= 0.6 is 0 Å². The first-order valence-electron chi connectivity index (χ1n) is 6.84. The number of ether oxygens (including phenoxy) is 1. The van der Waals surface area contributed by atoms with Gasteiger partial charge in [0.1, 0.15) is 5.69 Å². The van der Waals surface area contributed by atoms with E-state index in [1.165, 1.54) is 7.11 Å². The number of hydrogen-bond donors (Lipinski definition) is 1. The monoisotopic (exact) mass is 293 g/mol. The van der Waals surface area contributed by atoms with E-state index in [4.69, 9.17) is 4.74 Å². The highest BCUT2D eigenvalue weighted by atomic mass is 16.5. The van der Waals surface area contributed by atoms with Gasteiger partial charge in [0.15, 0.2) is 0 Å². The van der Waals surface area contributed by atoms with E-state index in [2.05, 4.69) is 10.4 Å². The third kappa shape index (κ3) is 2.83. The first-order chi connectivity index (χ1) is 10.8. The van der Waals surface area contributed by atoms with Gasteiger partial charge in [0.2, 0.25) is 5.88 Å². The molecule has 2 aromatic carbocycles. The summed E-state index contributed by atoms with van der Waals surface area (Å²) in [7, 11) is 1.52. The average molecular weight is 293 g/mol. The molecule has 0 saturated carbocycles. The summed E-state index contributed by atoms with van der Waals surface area (Å²) in [6.07, 6.45) is 0. The molecule has 3 rings (SSSR count). The number of aromatic nitrogens is 2. The van der Waals surface area contributed by atoms with Crippen LogP contribution < -0.4 is 10.1 Å². The number of carbonyl (C=O) groups is 1. The Morgan fingerprint density at radius 2 is 1.68 bits per heavy atom. The molecule has 5 heteroatoms. The van der Waals surface area contributed by atoms with Crippen molar-refractivity contribution in [3.63, 3.8) is 0 Å². The molecule has 1 aromatic heterocycles. The Balaban J connectivity index is 1.96. The molecule has 22 heavy (non-hydrogen) atoms. The first kappa shape index (κ1) is 13.9. The second-order valence-corrected chi connectivity index (χ2v) is 4.64. The third-order valence-corrected chi connectivity index (χ3v) is 3.16. The number of hydrogen-bond acceptors (Lipinski definition) is 3. The van der Waals surface area contributed by atoms with Crippen LogP contribution in [0.3, 0.4) is 0 Å². The molecule has 0 spiro atoms. The van der Waals surface area contributed by atoms with Crippen LogP contribution in [0.2, 0.25) is 0 Å². The topological polar surface area (TPSA) is 56.1 Å². The Hall–Kier alpha value is -3.08. The molecule has 0 aliphatic heterocycles. The molecule has 0 unspecified atom stereocenters. The maximum Gasteiger partial charge on any atom is 0.274 e. The second-order valence-electron chi connectivity index (χ2n) is 4.64. The number of benzene rings is 2. The van der Waals surface area contributed by atoms with E-state index in [1.807, 2.05) is 60.7 Å². The van der Waals surface area contributed by atoms with E-state index < -0.39 is 0 Å². The molecule has 1 N–H and O–H groups in total. The maximum absolute atomic E-state index is 12.5. The molecule has 0 radical (unpaired) electrons. The molecular weight excluding hydrogens is 278 g/mol. The van der Waals surface area contributed by atoms with Crippen molar-refractivity contribution in [2.24, 2.45) is 0 Å². The van der Waals surface area contributed by atoms with Crippen LogP contribution in [0.1, 0.15) is 10.5 Å². The largest absolute Gasteiger partial charge is 0.480 e. The van der Waals surface area contributed by atoms with Crippen molar-refractivity contribution in [3.8, 4) is 11.6 Å². The van der Waals surface area contributed by atoms with Crippen LogP contribution in [0.5, 0.6) is 5.88 Å². The lowest BCUT2D eigenvalue weighted by Crippen LogP contribution is -2.16. The number of carbonyl (C=O) groups excluding carboxylic acids is 1. The van der Waals surface area contributed by atoms with E-state index in [1.54, 1.807) is 10.7 Å². The fourth-order valence-corrected chi connectivity index (χ4v) is 2.10. The highest BCUT2D eigenvalue weighted by molar-refractivity contribution is 6.03. The predicted octanol–water partition coefficient (Wildman–Crippen LogP) is 3.13. The second kappa shape index (κ2) is 6.13. The van der Waals surface area contributed by atoms with E-state index in [0.29, 0.717) is 11.6 Å². The first-order valence-corrected chi connectivity index (χ1v) is 6.84. The Labute approximate surface area is 128 Å². The quantitative estimate of drug-likeness (QED) is 0.804. The number of rotatable bonds is 4. The number of para-hydroxylation sites is 2. The molecular formula is C17H15N3O2. The molecule has 0 saturated heterocycles. The predicted molar refractivity (Wildman–Crippen MR) is 84.5 cm³/mol. The third-order valence-electron chi connectivity index (χ3n) is 3.16. The average Bonchev–Trinajstić information content (AvgIpc) is 3.01. The molecule has 0 bridgehead atoms. The van der Waals surface area contributed by atoms with Gasteiger partial charge in [-0.05, 0) is 24.3 Å². The van der Waals surface area contributed by atoms with Crippen LogP contribution in [0.15, 0.2) is 66.7 Å². The number of amides is 1. The summed E-state index contributed by atoms with van der Waals surface area (Å²) in [4.78, 5) is 12.5. The van der Waals surface area contributed by atoms with Gasteiger partial charge in [-0.3, -0.25) is 4.79 Å². The van der Waals surface area contributed by atoms with Gasteiger partial charge in [0, 0.05) is 11.8 Å². The molecule has 1 heterocycles. The minimum Gasteiger partial charge on any atom is -0.480 e. The van der Waals surface area contributed by atoms with E-state index in [9.17, 15) is 4.79 Å². The van der Waals surface area contributed by atoms with Crippen LogP contribution in [-0.4, -0.2) is 22.8 Å². The van der Waals surface area contributed by atoms with Gasteiger partial charge in [-0.1, -0.05) is 36.4 Å². The van der Waals surface area contributed by atoms with Crippen molar-refractivity contribution in [2.45, 2.75) is 0 Å². The zero-order valence-electron chi connectivity index (χ0n) is 12.1. The number of nitrogens with one attached hydrogen (secondary N) is 1. The van der Waals surface area contributed by atoms with Gasteiger partial charge in [-0.25, -0.2) is 4.68 Å². The minimum absolute atomic E-state index is 0.245. The Morgan fingerprint density at radius 3 is 2.32 bits per heavy atom. The van der Waals surface area contributed by atoms with Crippen molar-refractivity contribution < 1.29 is 9.53 Å². The van der Waals surface area contributed by atoms with Gasteiger partial charge in [-0.15, -0.1) is 5.10 Å². The molecule has 1 amide bonds. The van der Waals surface area contributed by atoms with Crippen molar-refractivity contribution in [1.82, 2.24) is 9.78 Å². The number of anilines is 1. The molecule has 0 aliphatic carbocycles. The Morgan fingerprint density at radius 1 is 1.05 bits per heavy atom. The normalized spacial score (nSPS) is 10.2. The highest BCUT2D eigenvalue weighted by Gasteiger charge is 2.17. The molecule has 3 aromatic rings. The Bertz CT molecular complexity index is 767. The highest BCUT2D eigenvalue weighted by Crippen LogP contribution is 2.18. The summed E-state index contributed by atoms with van der Waals surface area (Å²) >= 11 is 0. The SMILES string of the molecule is COc1cc(C(=O)Nc2ccccc2)n(-c2ccccc2)n1. The van der Waals surface area contributed by atoms with Crippen molar-refractivity contribution >= 4 is 11.6 Å². The van der Waals surface area contributed by atoms with Crippen molar-refractivity contribution in [3.05, 3.63) is 72.4 Å². The van der Waals surface area contributed by atoms with Crippen LogP contribution in [0.4, 0.5) is 5.69 Å². The van der Waals surface area contributed by atoms with Crippen molar-refractivity contribution in [1.29, 1.82) is 0 Å². The molecule has 110 valence electrons. The minimum atomic E-state index is -0.245. The van der Waals surface area contributed by atoms with Gasteiger partial charge >= 0.3 is 0 Å². The zero-order valence-corrected chi connectivity index (χ0v) is 12.1. The molecule has 0 aliphatic rings.